The maximum Gasteiger partial charge on any atom is 0.260 e. The monoisotopic (exact) mass is 443 g/mol. The van der Waals surface area contributed by atoms with Gasteiger partial charge >= 0.3 is 0 Å². The molecule has 3 rings (SSSR count). The number of methoxy groups -OCH3 is 1. The standard InChI is InChI=1S/C18H13Cl4N3O2/c1-27-16-6-5-10(19)7-11(16)18(26)23-17-15(22)9-25(24-17)8-12-13(20)3-2-4-14(12)21/h2-7,9H,8H2,1H3,(H,23,24,26). The molecule has 5 nitrogen and oxygen atoms in total. The average Bonchev–Trinajstić information content (AvgIpc) is 2.97. The second kappa shape index (κ2) is 8.40. The largest absolute Gasteiger partial charge is 0.496 e. The second-order valence-corrected chi connectivity index (χ2v) is 7.18. The number of halogens is 4. The Hall–Kier alpha value is -1.92. The van der Waals surface area contributed by atoms with Crippen molar-refractivity contribution in [2.45, 2.75) is 6.54 Å². The van der Waals surface area contributed by atoms with E-state index in [0.29, 0.717) is 32.9 Å². The van der Waals surface area contributed by atoms with Crippen LogP contribution in [0.25, 0.3) is 0 Å². The first-order chi connectivity index (χ1) is 12.9. The van der Waals surface area contributed by atoms with E-state index in [1.54, 1.807) is 41.2 Å². The van der Waals surface area contributed by atoms with Crippen LogP contribution < -0.4 is 10.1 Å². The maximum absolute atomic E-state index is 12.6. The van der Waals surface area contributed by atoms with Gasteiger partial charge in [-0.3, -0.25) is 9.48 Å². The fraction of sp³-hybridized carbons (Fsp3) is 0.111. The van der Waals surface area contributed by atoms with Crippen molar-refractivity contribution in [1.82, 2.24) is 9.78 Å². The zero-order valence-corrected chi connectivity index (χ0v) is 17.0. The van der Waals surface area contributed by atoms with E-state index in [2.05, 4.69) is 10.4 Å². The Balaban J connectivity index is 1.83. The van der Waals surface area contributed by atoms with Crippen molar-refractivity contribution >= 4 is 58.1 Å². The smallest absolute Gasteiger partial charge is 0.260 e. The van der Waals surface area contributed by atoms with Gasteiger partial charge in [-0.15, -0.1) is 0 Å². The summed E-state index contributed by atoms with van der Waals surface area (Å²) < 4.78 is 6.73. The molecule has 0 aliphatic heterocycles. The van der Waals surface area contributed by atoms with Crippen molar-refractivity contribution < 1.29 is 9.53 Å². The number of carbonyl (C=O) groups is 1. The zero-order valence-electron chi connectivity index (χ0n) is 14.0. The quantitative estimate of drug-likeness (QED) is 0.540. The van der Waals surface area contributed by atoms with E-state index >= 15 is 0 Å². The van der Waals surface area contributed by atoms with E-state index in [1.165, 1.54) is 13.2 Å². The molecule has 0 atom stereocenters. The van der Waals surface area contributed by atoms with Gasteiger partial charge in [0.05, 0.1) is 19.2 Å². The molecule has 3 aromatic rings. The number of hydrogen-bond acceptors (Lipinski definition) is 3. The molecule has 1 aromatic heterocycles. The molecule has 0 fully saturated rings. The molecule has 0 unspecified atom stereocenters. The van der Waals surface area contributed by atoms with Gasteiger partial charge in [-0.05, 0) is 30.3 Å². The minimum absolute atomic E-state index is 0.201. The van der Waals surface area contributed by atoms with Gasteiger partial charge in [-0.2, -0.15) is 5.10 Å². The number of ether oxygens (including phenoxy) is 1. The predicted molar refractivity (Wildman–Crippen MR) is 109 cm³/mol. The Morgan fingerprint density at radius 3 is 2.48 bits per heavy atom. The van der Waals surface area contributed by atoms with Crippen LogP contribution in [0.4, 0.5) is 5.82 Å². The lowest BCUT2D eigenvalue weighted by atomic mass is 10.2. The minimum atomic E-state index is -0.447. The Labute approximate surface area is 175 Å². The number of rotatable bonds is 5. The number of anilines is 1. The van der Waals surface area contributed by atoms with Gasteiger partial charge in [0.2, 0.25) is 0 Å². The van der Waals surface area contributed by atoms with Crippen LogP contribution in [0.5, 0.6) is 5.75 Å². The Kier molecular flexibility index (Phi) is 6.17. The number of hydrogen-bond donors (Lipinski definition) is 1. The van der Waals surface area contributed by atoms with Crippen LogP contribution in [-0.4, -0.2) is 22.8 Å². The third kappa shape index (κ3) is 4.50. The lowest BCUT2D eigenvalue weighted by Crippen LogP contribution is -2.14. The minimum Gasteiger partial charge on any atom is -0.496 e. The first kappa shape index (κ1) is 19.8. The van der Waals surface area contributed by atoms with Gasteiger partial charge in [-0.1, -0.05) is 52.5 Å². The highest BCUT2D eigenvalue weighted by Gasteiger charge is 2.17. The van der Waals surface area contributed by atoms with E-state index in [-0.39, 0.29) is 16.4 Å². The molecule has 140 valence electrons. The summed E-state index contributed by atoms with van der Waals surface area (Å²) in [7, 11) is 1.47. The third-order valence-electron chi connectivity index (χ3n) is 3.74. The molecular weight excluding hydrogens is 432 g/mol. The molecule has 0 spiro atoms. The molecule has 9 heteroatoms. The van der Waals surface area contributed by atoms with Crippen molar-refractivity contribution in [2.24, 2.45) is 0 Å². The molecule has 0 aliphatic carbocycles. The van der Waals surface area contributed by atoms with Gasteiger partial charge in [-0.25, -0.2) is 0 Å². The van der Waals surface area contributed by atoms with Crippen molar-refractivity contribution in [3.05, 3.63) is 73.8 Å². The Morgan fingerprint density at radius 1 is 1.11 bits per heavy atom. The first-order valence-electron chi connectivity index (χ1n) is 7.69. The fourth-order valence-corrected chi connectivity index (χ4v) is 3.33. The summed E-state index contributed by atoms with van der Waals surface area (Å²) in [4.78, 5) is 12.6. The summed E-state index contributed by atoms with van der Waals surface area (Å²) >= 11 is 24.5. The summed E-state index contributed by atoms with van der Waals surface area (Å²) in [6.07, 6.45) is 1.58. The van der Waals surface area contributed by atoms with Crippen molar-refractivity contribution in [3.63, 3.8) is 0 Å². The molecule has 1 N–H and O–H groups in total. The summed E-state index contributed by atoms with van der Waals surface area (Å²) in [5, 5.41) is 8.66. The van der Waals surface area contributed by atoms with E-state index in [0.717, 1.165) is 0 Å². The summed E-state index contributed by atoms with van der Waals surface area (Å²) in [5.74, 6) is 0.138. The molecule has 0 saturated carbocycles. The molecule has 0 saturated heterocycles. The number of benzene rings is 2. The SMILES string of the molecule is COc1ccc(Cl)cc1C(=O)Nc1nn(Cc2c(Cl)cccc2Cl)cc1Cl. The van der Waals surface area contributed by atoms with E-state index in [9.17, 15) is 4.79 Å². The Bertz CT molecular complexity index is 984. The highest BCUT2D eigenvalue weighted by molar-refractivity contribution is 6.36. The summed E-state index contributed by atoms with van der Waals surface area (Å²) in [5.41, 5.74) is 0.971. The highest BCUT2D eigenvalue weighted by atomic mass is 35.5. The molecule has 2 aromatic carbocycles. The average molecular weight is 445 g/mol. The highest BCUT2D eigenvalue weighted by Crippen LogP contribution is 2.28. The lowest BCUT2D eigenvalue weighted by molar-refractivity contribution is 0.102. The predicted octanol–water partition coefficient (Wildman–Crippen LogP) is 5.81. The van der Waals surface area contributed by atoms with Crippen molar-refractivity contribution in [2.75, 3.05) is 12.4 Å². The lowest BCUT2D eigenvalue weighted by Gasteiger charge is -2.09. The van der Waals surface area contributed by atoms with Gasteiger partial charge in [0.25, 0.3) is 5.91 Å². The number of aromatic nitrogens is 2. The summed E-state index contributed by atoms with van der Waals surface area (Å²) in [6.45, 7) is 0.300. The van der Waals surface area contributed by atoms with Gasteiger partial charge in [0.1, 0.15) is 10.8 Å². The molecule has 1 heterocycles. The van der Waals surface area contributed by atoms with Gasteiger partial charge in [0.15, 0.2) is 5.82 Å². The Morgan fingerprint density at radius 2 is 1.81 bits per heavy atom. The first-order valence-corrected chi connectivity index (χ1v) is 9.21. The zero-order chi connectivity index (χ0) is 19.6. The van der Waals surface area contributed by atoms with Crippen LogP contribution in [-0.2, 0) is 6.54 Å². The van der Waals surface area contributed by atoms with E-state index < -0.39 is 5.91 Å². The van der Waals surface area contributed by atoms with Crippen LogP contribution in [0.1, 0.15) is 15.9 Å². The van der Waals surface area contributed by atoms with Crippen molar-refractivity contribution in [1.29, 1.82) is 0 Å². The molecule has 1 amide bonds. The number of carbonyl (C=O) groups excluding carboxylic acids is 1. The third-order valence-corrected chi connectivity index (χ3v) is 4.96. The van der Waals surface area contributed by atoms with Crippen LogP contribution >= 0.6 is 46.4 Å². The normalized spacial score (nSPS) is 10.7. The second-order valence-electron chi connectivity index (χ2n) is 5.52. The molecule has 0 bridgehead atoms. The maximum atomic E-state index is 12.6. The summed E-state index contributed by atoms with van der Waals surface area (Å²) in [6, 6.07) is 9.98. The van der Waals surface area contributed by atoms with Crippen molar-refractivity contribution in [3.8, 4) is 5.75 Å². The van der Waals surface area contributed by atoms with Gasteiger partial charge in [0, 0.05) is 26.8 Å². The topological polar surface area (TPSA) is 56.1 Å². The molecule has 0 aliphatic rings. The molecule has 0 radical (unpaired) electrons. The number of amides is 1. The molecular formula is C18H13Cl4N3O2. The van der Waals surface area contributed by atoms with Crippen LogP contribution in [0.2, 0.25) is 20.1 Å². The number of nitrogens with zero attached hydrogens (tertiary/aromatic N) is 2. The van der Waals surface area contributed by atoms with E-state index in [4.69, 9.17) is 51.1 Å². The van der Waals surface area contributed by atoms with Crippen LogP contribution in [0, 0.1) is 0 Å². The van der Waals surface area contributed by atoms with Crippen LogP contribution in [0.3, 0.4) is 0 Å². The molecule has 27 heavy (non-hydrogen) atoms. The van der Waals surface area contributed by atoms with E-state index in [1.807, 2.05) is 0 Å². The van der Waals surface area contributed by atoms with Gasteiger partial charge < -0.3 is 10.1 Å². The fourth-order valence-electron chi connectivity index (χ4n) is 2.44. The number of nitrogens with one attached hydrogen (secondary N) is 1. The van der Waals surface area contributed by atoms with Crippen LogP contribution in [0.15, 0.2) is 42.6 Å².